The van der Waals surface area contributed by atoms with E-state index in [1.54, 1.807) is 0 Å². The zero-order chi connectivity index (χ0) is 14.8. The lowest BCUT2D eigenvalue weighted by Gasteiger charge is -2.25. The van der Waals surface area contributed by atoms with Gasteiger partial charge in [-0.15, -0.1) is 0 Å². The Morgan fingerprint density at radius 2 is 2.14 bits per heavy atom. The largest absolute Gasteiger partial charge is 0.481 e. The van der Waals surface area contributed by atoms with Crippen LogP contribution in [0.3, 0.4) is 0 Å². The summed E-state index contributed by atoms with van der Waals surface area (Å²) in [6.45, 7) is 0. The lowest BCUT2D eigenvalue weighted by Crippen LogP contribution is -2.14. The number of aliphatic carboxylic acids is 1. The van der Waals surface area contributed by atoms with Gasteiger partial charge in [0.1, 0.15) is 5.52 Å². The maximum atomic E-state index is 10.9. The van der Waals surface area contributed by atoms with Crippen molar-refractivity contribution >= 4 is 40.4 Å². The Kier molecular flexibility index (Phi) is 4.40. The van der Waals surface area contributed by atoms with Crippen molar-refractivity contribution in [1.29, 1.82) is 0 Å². The Morgan fingerprint density at radius 1 is 1.38 bits per heavy atom. The Morgan fingerprint density at radius 3 is 2.86 bits per heavy atom. The van der Waals surface area contributed by atoms with Gasteiger partial charge in [0.05, 0.1) is 16.3 Å². The number of para-hydroxylation sites is 1. The second-order valence-corrected chi connectivity index (χ2v) is 6.70. The van der Waals surface area contributed by atoms with Crippen LogP contribution in [-0.2, 0) is 4.79 Å². The van der Waals surface area contributed by atoms with E-state index in [1.165, 1.54) is 31.0 Å². The molecule has 0 saturated heterocycles. The molecular weight excluding hydrogens is 308 g/mol. The number of hydrogen-bond acceptors (Lipinski definition) is 3. The van der Waals surface area contributed by atoms with E-state index >= 15 is 0 Å². The van der Waals surface area contributed by atoms with Crippen molar-refractivity contribution in [3.8, 4) is 0 Å². The summed E-state index contributed by atoms with van der Waals surface area (Å²) in [6.07, 6.45) is 5.96. The molecule has 6 heteroatoms. The number of carboxylic acid groups (broad SMARTS) is 1. The molecule has 112 valence electrons. The molecule has 1 N–H and O–H groups in total. The molecule has 0 unspecified atom stereocenters. The third-order valence-corrected chi connectivity index (χ3v) is 5.15. The summed E-state index contributed by atoms with van der Waals surface area (Å²) in [5.74, 6) is -0.804. The van der Waals surface area contributed by atoms with Crippen molar-refractivity contribution in [3.05, 3.63) is 23.2 Å². The summed E-state index contributed by atoms with van der Waals surface area (Å²) in [5, 5.41) is 10.3. The highest BCUT2D eigenvalue weighted by molar-refractivity contribution is 7.99. The number of carboxylic acids is 1. The second kappa shape index (κ2) is 6.28. The van der Waals surface area contributed by atoms with E-state index in [4.69, 9.17) is 16.7 Å². The SMILES string of the molecule is O=C(O)CSc1nc2c(Cl)cccc2n1C1CCCCC1. The molecule has 1 aromatic heterocycles. The number of nitrogens with zero attached hydrogens (tertiary/aromatic N) is 2. The number of benzene rings is 1. The number of carbonyl (C=O) groups is 1. The third-order valence-electron chi connectivity index (χ3n) is 3.90. The van der Waals surface area contributed by atoms with Crippen LogP contribution in [0.1, 0.15) is 38.1 Å². The van der Waals surface area contributed by atoms with Gasteiger partial charge in [0.25, 0.3) is 0 Å². The number of imidazole rings is 1. The molecule has 4 nitrogen and oxygen atoms in total. The van der Waals surface area contributed by atoms with Crippen LogP contribution in [0.15, 0.2) is 23.4 Å². The third kappa shape index (κ3) is 3.04. The summed E-state index contributed by atoms with van der Waals surface area (Å²) in [6, 6.07) is 6.18. The molecule has 0 spiro atoms. The van der Waals surface area contributed by atoms with E-state index in [-0.39, 0.29) is 5.75 Å². The van der Waals surface area contributed by atoms with Crippen molar-refractivity contribution in [3.63, 3.8) is 0 Å². The average Bonchev–Trinajstić information content (AvgIpc) is 2.86. The summed E-state index contributed by atoms with van der Waals surface area (Å²) in [4.78, 5) is 15.4. The second-order valence-electron chi connectivity index (χ2n) is 5.35. The van der Waals surface area contributed by atoms with Crippen LogP contribution in [0.4, 0.5) is 0 Å². The molecule has 0 bridgehead atoms. The molecule has 3 rings (SSSR count). The van der Waals surface area contributed by atoms with Crippen molar-refractivity contribution in [1.82, 2.24) is 9.55 Å². The van der Waals surface area contributed by atoms with Crippen molar-refractivity contribution in [2.75, 3.05) is 5.75 Å². The molecule has 1 fully saturated rings. The zero-order valence-electron chi connectivity index (χ0n) is 11.6. The fraction of sp³-hybridized carbons (Fsp3) is 0.467. The van der Waals surface area contributed by atoms with Gasteiger partial charge < -0.3 is 9.67 Å². The van der Waals surface area contributed by atoms with E-state index < -0.39 is 5.97 Å². The summed E-state index contributed by atoms with van der Waals surface area (Å²) in [7, 11) is 0. The molecule has 0 atom stereocenters. The highest BCUT2D eigenvalue weighted by Crippen LogP contribution is 2.37. The lowest BCUT2D eigenvalue weighted by atomic mass is 9.95. The van der Waals surface area contributed by atoms with Gasteiger partial charge in [-0.05, 0) is 25.0 Å². The first kappa shape index (κ1) is 14.7. The van der Waals surface area contributed by atoms with E-state index in [0.29, 0.717) is 11.1 Å². The highest BCUT2D eigenvalue weighted by atomic mass is 35.5. The predicted molar refractivity (Wildman–Crippen MR) is 85.2 cm³/mol. The first-order chi connectivity index (χ1) is 10.2. The summed E-state index contributed by atoms with van der Waals surface area (Å²) in [5.41, 5.74) is 1.79. The van der Waals surface area contributed by atoms with Gasteiger partial charge in [0, 0.05) is 6.04 Å². The molecule has 1 heterocycles. The Hall–Kier alpha value is -1.20. The molecule has 1 aliphatic rings. The van der Waals surface area contributed by atoms with Gasteiger partial charge in [-0.2, -0.15) is 0 Å². The van der Waals surface area contributed by atoms with Crippen molar-refractivity contribution < 1.29 is 9.90 Å². The minimum atomic E-state index is -0.826. The van der Waals surface area contributed by atoms with E-state index in [0.717, 1.165) is 29.0 Å². The number of halogens is 1. The Balaban J connectivity index is 2.06. The maximum absolute atomic E-state index is 10.9. The number of fused-ring (bicyclic) bond motifs is 1. The van der Waals surface area contributed by atoms with Gasteiger partial charge in [-0.25, -0.2) is 4.98 Å². The van der Waals surface area contributed by atoms with E-state index in [1.807, 2.05) is 18.2 Å². The maximum Gasteiger partial charge on any atom is 0.313 e. The van der Waals surface area contributed by atoms with Crippen LogP contribution in [0.5, 0.6) is 0 Å². The predicted octanol–water partition coefficient (Wildman–Crippen LogP) is 4.37. The fourth-order valence-electron chi connectivity index (χ4n) is 2.98. The van der Waals surface area contributed by atoms with Crippen molar-refractivity contribution in [2.24, 2.45) is 0 Å². The van der Waals surface area contributed by atoms with E-state index in [2.05, 4.69) is 9.55 Å². The van der Waals surface area contributed by atoms with Crippen molar-refractivity contribution in [2.45, 2.75) is 43.3 Å². The topological polar surface area (TPSA) is 55.1 Å². The molecule has 0 radical (unpaired) electrons. The minimum Gasteiger partial charge on any atom is -0.481 e. The smallest absolute Gasteiger partial charge is 0.313 e. The van der Waals surface area contributed by atoms with E-state index in [9.17, 15) is 4.79 Å². The van der Waals surface area contributed by atoms with Crippen LogP contribution < -0.4 is 0 Å². The fourth-order valence-corrected chi connectivity index (χ4v) is 3.99. The number of hydrogen-bond donors (Lipinski definition) is 1. The number of thioether (sulfide) groups is 1. The quantitative estimate of drug-likeness (QED) is 0.848. The molecule has 2 aromatic rings. The molecule has 0 amide bonds. The highest BCUT2D eigenvalue weighted by Gasteiger charge is 2.22. The monoisotopic (exact) mass is 324 g/mol. The van der Waals surface area contributed by atoms with Gasteiger partial charge in [-0.1, -0.05) is 48.7 Å². The normalized spacial score (nSPS) is 16.4. The number of rotatable bonds is 4. The molecule has 1 aliphatic carbocycles. The van der Waals surface area contributed by atoms with Crippen LogP contribution in [0.2, 0.25) is 5.02 Å². The van der Waals surface area contributed by atoms with Gasteiger partial charge in [0.15, 0.2) is 5.16 Å². The Labute approximate surface area is 132 Å². The number of aromatic nitrogens is 2. The van der Waals surface area contributed by atoms with Crippen LogP contribution in [0, 0.1) is 0 Å². The Bertz CT molecular complexity index is 665. The van der Waals surface area contributed by atoms with Crippen LogP contribution in [-0.4, -0.2) is 26.4 Å². The lowest BCUT2D eigenvalue weighted by molar-refractivity contribution is -0.133. The standard InChI is InChI=1S/C15H17ClN2O2S/c16-11-7-4-8-12-14(11)17-15(21-9-13(19)20)18(12)10-5-2-1-3-6-10/h4,7-8,10H,1-3,5-6,9H2,(H,19,20). The minimum absolute atomic E-state index is 0.0215. The average molecular weight is 325 g/mol. The van der Waals surface area contributed by atoms with Gasteiger partial charge >= 0.3 is 5.97 Å². The van der Waals surface area contributed by atoms with Crippen LogP contribution in [0.25, 0.3) is 11.0 Å². The zero-order valence-corrected chi connectivity index (χ0v) is 13.2. The molecule has 1 saturated carbocycles. The first-order valence-corrected chi connectivity index (χ1v) is 8.54. The molecule has 1 aromatic carbocycles. The molecule has 21 heavy (non-hydrogen) atoms. The van der Waals surface area contributed by atoms with Gasteiger partial charge in [-0.3, -0.25) is 4.79 Å². The van der Waals surface area contributed by atoms with Gasteiger partial charge in [0.2, 0.25) is 0 Å². The molecular formula is C15H17ClN2O2S. The summed E-state index contributed by atoms with van der Waals surface area (Å²) >= 11 is 7.52. The van der Waals surface area contributed by atoms with Crippen LogP contribution >= 0.6 is 23.4 Å². The first-order valence-electron chi connectivity index (χ1n) is 7.18. The summed E-state index contributed by atoms with van der Waals surface area (Å²) < 4.78 is 2.20. The molecule has 0 aliphatic heterocycles.